The number of rotatable bonds is 5. The van der Waals surface area contributed by atoms with Crippen LogP contribution < -0.4 is 4.90 Å². The number of nitro groups is 1. The maximum atomic E-state index is 12.3. The van der Waals surface area contributed by atoms with Crippen LogP contribution in [-0.2, 0) is 4.74 Å². The van der Waals surface area contributed by atoms with Gasteiger partial charge in [0.25, 0.3) is 5.69 Å². The van der Waals surface area contributed by atoms with E-state index in [0.29, 0.717) is 30.0 Å². The lowest BCUT2D eigenvalue weighted by Crippen LogP contribution is -2.23. The standard InChI is InChI=1S/C18H14N2O5/c21-17(8-7-13-3-1-6-16(11-13)20(23)24)14-4-2-5-15(12-14)19-9-10-25-18(19)22/h1-8,11-12H,9-10H2/b8-7-. The summed E-state index contributed by atoms with van der Waals surface area (Å²) in [5.41, 5.74) is 1.53. The van der Waals surface area contributed by atoms with Gasteiger partial charge in [0.2, 0.25) is 0 Å². The zero-order chi connectivity index (χ0) is 17.8. The van der Waals surface area contributed by atoms with Gasteiger partial charge >= 0.3 is 6.09 Å². The minimum absolute atomic E-state index is 0.0378. The molecule has 2 aromatic rings. The van der Waals surface area contributed by atoms with Crippen molar-refractivity contribution >= 4 is 29.3 Å². The topological polar surface area (TPSA) is 89.8 Å². The first kappa shape index (κ1) is 16.4. The first-order valence-electron chi connectivity index (χ1n) is 7.56. The Kier molecular flexibility index (Phi) is 4.56. The third-order valence-electron chi connectivity index (χ3n) is 3.71. The minimum atomic E-state index is -0.488. The van der Waals surface area contributed by atoms with Crippen molar-refractivity contribution < 1.29 is 19.2 Å². The summed E-state index contributed by atoms with van der Waals surface area (Å²) in [6.07, 6.45) is 2.43. The number of benzene rings is 2. The zero-order valence-corrected chi connectivity index (χ0v) is 13.1. The highest BCUT2D eigenvalue weighted by Crippen LogP contribution is 2.21. The smallest absolute Gasteiger partial charge is 0.414 e. The molecule has 0 atom stereocenters. The molecule has 0 radical (unpaired) electrons. The lowest BCUT2D eigenvalue weighted by atomic mass is 10.1. The molecule has 1 saturated heterocycles. The van der Waals surface area contributed by atoms with Crippen LogP contribution in [0.25, 0.3) is 6.08 Å². The summed E-state index contributed by atoms with van der Waals surface area (Å²) < 4.78 is 4.89. The number of anilines is 1. The fourth-order valence-corrected chi connectivity index (χ4v) is 2.47. The van der Waals surface area contributed by atoms with Crippen molar-refractivity contribution in [2.45, 2.75) is 0 Å². The van der Waals surface area contributed by atoms with Gasteiger partial charge in [0.15, 0.2) is 5.78 Å². The summed E-state index contributed by atoms with van der Waals surface area (Å²) in [7, 11) is 0. The highest BCUT2D eigenvalue weighted by Gasteiger charge is 2.23. The molecule has 1 heterocycles. The quantitative estimate of drug-likeness (QED) is 0.360. The maximum Gasteiger partial charge on any atom is 0.414 e. The molecule has 0 unspecified atom stereocenters. The predicted molar refractivity (Wildman–Crippen MR) is 91.6 cm³/mol. The lowest BCUT2D eigenvalue weighted by molar-refractivity contribution is -0.384. The molecule has 1 aliphatic heterocycles. The number of nitrogens with zero attached hydrogens (tertiary/aromatic N) is 2. The second-order valence-corrected chi connectivity index (χ2v) is 5.37. The molecule has 7 nitrogen and oxygen atoms in total. The Morgan fingerprint density at radius 3 is 2.72 bits per heavy atom. The van der Waals surface area contributed by atoms with Crippen molar-refractivity contribution in [3.05, 3.63) is 75.8 Å². The Balaban J connectivity index is 1.78. The van der Waals surface area contributed by atoms with E-state index in [2.05, 4.69) is 0 Å². The van der Waals surface area contributed by atoms with Gasteiger partial charge in [-0.25, -0.2) is 4.79 Å². The van der Waals surface area contributed by atoms with Crippen LogP contribution in [0, 0.1) is 10.1 Å². The molecule has 1 fully saturated rings. The molecule has 7 heteroatoms. The average Bonchev–Trinajstić information content (AvgIpc) is 3.06. The predicted octanol–water partition coefficient (Wildman–Crippen LogP) is 3.45. The number of hydrogen-bond donors (Lipinski definition) is 0. The van der Waals surface area contributed by atoms with Crippen LogP contribution in [0.5, 0.6) is 0 Å². The van der Waals surface area contributed by atoms with Gasteiger partial charge in [-0.15, -0.1) is 0 Å². The zero-order valence-electron chi connectivity index (χ0n) is 13.1. The van der Waals surface area contributed by atoms with Crippen molar-refractivity contribution in [3.8, 4) is 0 Å². The number of hydrogen-bond acceptors (Lipinski definition) is 5. The van der Waals surface area contributed by atoms with E-state index in [1.54, 1.807) is 36.4 Å². The second kappa shape index (κ2) is 6.96. The van der Waals surface area contributed by atoms with Gasteiger partial charge in [-0.2, -0.15) is 0 Å². The number of non-ortho nitro benzene ring substituents is 1. The Morgan fingerprint density at radius 1 is 1.20 bits per heavy atom. The number of ether oxygens (including phenoxy) is 1. The molecule has 126 valence electrons. The van der Waals surface area contributed by atoms with E-state index in [1.807, 2.05) is 0 Å². The van der Waals surface area contributed by atoms with Crippen LogP contribution in [0.4, 0.5) is 16.2 Å². The summed E-state index contributed by atoms with van der Waals surface area (Å²) in [6, 6.07) is 12.7. The molecule has 2 aromatic carbocycles. The maximum absolute atomic E-state index is 12.3. The van der Waals surface area contributed by atoms with E-state index < -0.39 is 11.0 Å². The third kappa shape index (κ3) is 3.72. The van der Waals surface area contributed by atoms with Crippen LogP contribution in [0.15, 0.2) is 54.6 Å². The van der Waals surface area contributed by atoms with Crippen LogP contribution in [0.1, 0.15) is 15.9 Å². The van der Waals surface area contributed by atoms with Crippen LogP contribution in [-0.4, -0.2) is 30.0 Å². The molecule has 3 rings (SSSR count). The van der Waals surface area contributed by atoms with E-state index in [-0.39, 0.29) is 11.5 Å². The molecule has 0 aromatic heterocycles. The summed E-state index contributed by atoms with van der Waals surface area (Å²) >= 11 is 0. The molecule has 0 saturated carbocycles. The van der Waals surface area contributed by atoms with E-state index >= 15 is 0 Å². The molecule has 0 N–H and O–H groups in total. The lowest BCUT2D eigenvalue weighted by Gasteiger charge is -2.13. The van der Waals surface area contributed by atoms with Gasteiger partial charge in [0.05, 0.1) is 11.5 Å². The molecule has 25 heavy (non-hydrogen) atoms. The van der Waals surface area contributed by atoms with Gasteiger partial charge < -0.3 is 4.74 Å². The van der Waals surface area contributed by atoms with Crippen molar-refractivity contribution in [1.82, 2.24) is 0 Å². The van der Waals surface area contributed by atoms with E-state index in [0.717, 1.165) is 0 Å². The van der Waals surface area contributed by atoms with Crippen LogP contribution in [0.3, 0.4) is 0 Å². The molecule has 0 bridgehead atoms. The molecule has 1 aliphatic rings. The summed E-state index contributed by atoms with van der Waals surface area (Å²) in [6.45, 7) is 0.768. The number of allylic oxidation sites excluding steroid dienone is 1. The third-order valence-corrected chi connectivity index (χ3v) is 3.71. The molecular formula is C18H14N2O5. The van der Waals surface area contributed by atoms with Gasteiger partial charge in [-0.3, -0.25) is 19.8 Å². The van der Waals surface area contributed by atoms with Gasteiger partial charge in [0, 0.05) is 23.4 Å². The first-order valence-corrected chi connectivity index (χ1v) is 7.56. The molecule has 1 amide bonds. The Bertz CT molecular complexity index is 875. The normalized spacial score (nSPS) is 13.9. The molecule has 0 aliphatic carbocycles. The van der Waals surface area contributed by atoms with E-state index in [1.165, 1.54) is 29.2 Å². The van der Waals surface area contributed by atoms with Crippen molar-refractivity contribution in [3.63, 3.8) is 0 Å². The monoisotopic (exact) mass is 338 g/mol. The molecular weight excluding hydrogens is 324 g/mol. The fourth-order valence-electron chi connectivity index (χ4n) is 2.47. The van der Waals surface area contributed by atoms with Crippen LogP contribution >= 0.6 is 0 Å². The van der Waals surface area contributed by atoms with Crippen LogP contribution in [0.2, 0.25) is 0 Å². The van der Waals surface area contributed by atoms with Gasteiger partial charge in [-0.05, 0) is 23.8 Å². The van der Waals surface area contributed by atoms with Gasteiger partial charge in [-0.1, -0.05) is 30.3 Å². The largest absolute Gasteiger partial charge is 0.447 e. The van der Waals surface area contributed by atoms with Crippen molar-refractivity contribution in [1.29, 1.82) is 0 Å². The number of ketones is 1. The van der Waals surface area contributed by atoms with Crippen molar-refractivity contribution in [2.24, 2.45) is 0 Å². The van der Waals surface area contributed by atoms with E-state index in [9.17, 15) is 19.7 Å². The molecule has 0 spiro atoms. The summed E-state index contributed by atoms with van der Waals surface area (Å²) in [5.74, 6) is -0.263. The highest BCUT2D eigenvalue weighted by molar-refractivity contribution is 6.07. The summed E-state index contributed by atoms with van der Waals surface area (Å²) in [5, 5.41) is 10.8. The Labute approximate surface area is 143 Å². The number of carbonyl (C=O) groups is 2. The van der Waals surface area contributed by atoms with Gasteiger partial charge in [0.1, 0.15) is 6.61 Å². The highest BCUT2D eigenvalue weighted by atomic mass is 16.6. The first-order chi connectivity index (χ1) is 12.0. The average molecular weight is 338 g/mol. The fraction of sp³-hybridized carbons (Fsp3) is 0.111. The number of nitro benzene ring substituents is 1. The minimum Gasteiger partial charge on any atom is -0.447 e. The second-order valence-electron chi connectivity index (χ2n) is 5.37. The Hall–Kier alpha value is -3.48. The number of carbonyl (C=O) groups excluding carboxylic acids is 2. The summed E-state index contributed by atoms with van der Waals surface area (Å²) in [4.78, 5) is 35.7. The SMILES string of the molecule is O=C(/C=C\c1cccc([N+](=O)[O-])c1)c1cccc(N2CCOC2=O)c1. The van der Waals surface area contributed by atoms with Crippen molar-refractivity contribution in [2.75, 3.05) is 18.1 Å². The number of amides is 1. The number of cyclic esters (lactones) is 1. The van der Waals surface area contributed by atoms with E-state index in [4.69, 9.17) is 4.74 Å². The Morgan fingerprint density at radius 2 is 2.00 bits per heavy atom.